The number of phenolic OH excluding ortho intramolecular Hbond substituents is 1. The molecule has 1 aliphatic heterocycles. The lowest BCUT2D eigenvalue weighted by Crippen LogP contribution is -2.53. The standard InChI is InChI=1S/C22H21Cl2NO2.BrH/c1-25-8-7-22(15-3-2-4-16(26)11-15)12-20(25)17(21(27)13-22)9-14-5-6-18(23)19(24)10-14;/h2-6,9-11,20,26H,7-8,12-13H2,1H3;1H/b17-9+;/t20-,22+;/m0./s1. The molecule has 1 saturated carbocycles. The molecule has 0 aromatic heterocycles. The van der Waals surface area contributed by atoms with Gasteiger partial charge in [-0.05, 0) is 67.9 Å². The highest BCUT2D eigenvalue weighted by molar-refractivity contribution is 8.93. The number of Topliss-reactive ketones (excluding diaryl/α,β-unsaturated/α-hetero) is 1. The van der Waals surface area contributed by atoms with Crippen molar-refractivity contribution in [2.75, 3.05) is 13.6 Å². The summed E-state index contributed by atoms with van der Waals surface area (Å²) in [5, 5.41) is 10.9. The van der Waals surface area contributed by atoms with E-state index in [1.54, 1.807) is 18.2 Å². The molecule has 2 aliphatic rings. The van der Waals surface area contributed by atoms with Crippen LogP contribution in [0.2, 0.25) is 10.0 Å². The van der Waals surface area contributed by atoms with Gasteiger partial charge in [0.25, 0.3) is 0 Å². The van der Waals surface area contributed by atoms with Crippen molar-refractivity contribution in [3.63, 3.8) is 0 Å². The van der Waals surface area contributed by atoms with Crippen LogP contribution in [0, 0.1) is 0 Å². The average Bonchev–Trinajstić information content (AvgIpc) is 2.64. The van der Waals surface area contributed by atoms with Crippen molar-refractivity contribution in [1.82, 2.24) is 4.90 Å². The van der Waals surface area contributed by atoms with Crippen LogP contribution in [0.4, 0.5) is 0 Å². The van der Waals surface area contributed by atoms with Gasteiger partial charge < -0.3 is 5.11 Å². The molecule has 2 fully saturated rings. The SMILES string of the molecule is Br.CN1CC[C@]2(c3cccc(O)c3)CC(=O)/C(=C/c3ccc(Cl)c(Cl)c3)[C@@H]1C2. The molecule has 2 aromatic rings. The van der Waals surface area contributed by atoms with E-state index in [4.69, 9.17) is 23.2 Å². The molecule has 1 aliphatic carbocycles. The molecule has 0 radical (unpaired) electrons. The van der Waals surface area contributed by atoms with Crippen LogP contribution in [0.25, 0.3) is 6.08 Å². The van der Waals surface area contributed by atoms with Crippen molar-refractivity contribution in [2.24, 2.45) is 0 Å². The summed E-state index contributed by atoms with van der Waals surface area (Å²) in [6.45, 7) is 0.909. The Bertz CT molecular complexity index is 946. The predicted octanol–water partition coefficient (Wildman–Crippen LogP) is 5.67. The van der Waals surface area contributed by atoms with E-state index in [2.05, 4.69) is 11.9 Å². The van der Waals surface area contributed by atoms with E-state index in [-0.39, 0.29) is 40.0 Å². The van der Waals surface area contributed by atoms with E-state index in [0.717, 1.165) is 36.1 Å². The van der Waals surface area contributed by atoms with Crippen molar-refractivity contribution in [1.29, 1.82) is 0 Å². The molecular weight excluding hydrogens is 461 g/mol. The number of likely N-dealkylation sites (tertiary alicyclic amines) is 1. The lowest BCUT2D eigenvalue weighted by atomic mass is 9.61. The third-order valence-corrected chi connectivity index (χ3v) is 6.70. The van der Waals surface area contributed by atoms with Gasteiger partial charge in [-0.1, -0.05) is 41.4 Å². The van der Waals surface area contributed by atoms with Crippen LogP contribution in [0.5, 0.6) is 5.75 Å². The summed E-state index contributed by atoms with van der Waals surface area (Å²) in [7, 11) is 2.07. The summed E-state index contributed by atoms with van der Waals surface area (Å²) < 4.78 is 0. The Morgan fingerprint density at radius 1 is 1.18 bits per heavy atom. The van der Waals surface area contributed by atoms with E-state index in [0.29, 0.717) is 16.5 Å². The lowest BCUT2D eigenvalue weighted by Gasteiger charge is -2.50. The van der Waals surface area contributed by atoms with E-state index in [1.807, 2.05) is 30.3 Å². The fourth-order valence-electron chi connectivity index (χ4n) is 4.44. The van der Waals surface area contributed by atoms with Gasteiger partial charge in [0.1, 0.15) is 5.75 Å². The average molecular weight is 483 g/mol. The lowest BCUT2D eigenvalue weighted by molar-refractivity contribution is -0.120. The van der Waals surface area contributed by atoms with Crippen LogP contribution in [0.1, 0.15) is 30.4 Å². The second kappa shape index (κ2) is 8.19. The highest BCUT2D eigenvalue weighted by Crippen LogP contribution is 2.48. The Morgan fingerprint density at radius 3 is 2.68 bits per heavy atom. The molecule has 0 unspecified atom stereocenters. The molecule has 0 spiro atoms. The molecule has 4 rings (SSSR count). The maximum Gasteiger partial charge on any atom is 0.161 e. The Kier molecular flexibility index (Phi) is 6.26. The van der Waals surface area contributed by atoms with Crippen molar-refractivity contribution < 1.29 is 9.90 Å². The smallest absolute Gasteiger partial charge is 0.161 e. The maximum absolute atomic E-state index is 13.2. The molecule has 2 bridgehead atoms. The highest BCUT2D eigenvalue weighted by atomic mass is 79.9. The summed E-state index contributed by atoms with van der Waals surface area (Å²) in [6, 6.07) is 12.9. The fourth-order valence-corrected chi connectivity index (χ4v) is 4.74. The molecule has 1 saturated heterocycles. The number of carbonyl (C=O) groups is 1. The predicted molar refractivity (Wildman–Crippen MR) is 120 cm³/mol. The summed E-state index contributed by atoms with van der Waals surface area (Å²) >= 11 is 12.1. The molecule has 28 heavy (non-hydrogen) atoms. The van der Waals surface area contributed by atoms with Gasteiger partial charge in [-0.3, -0.25) is 9.69 Å². The number of hydrogen-bond donors (Lipinski definition) is 1. The number of benzene rings is 2. The van der Waals surface area contributed by atoms with Gasteiger partial charge in [0.2, 0.25) is 0 Å². The van der Waals surface area contributed by atoms with Gasteiger partial charge in [0.05, 0.1) is 10.0 Å². The molecule has 0 amide bonds. The summed E-state index contributed by atoms with van der Waals surface area (Å²) in [5.74, 6) is 0.411. The van der Waals surface area contributed by atoms with Crippen LogP contribution in [-0.4, -0.2) is 35.4 Å². The van der Waals surface area contributed by atoms with E-state index in [9.17, 15) is 9.90 Å². The number of piperidine rings is 1. The Morgan fingerprint density at radius 2 is 1.96 bits per heavy atom. The number of ketones is 1. The zero-order valence-electron chi connectivity index (χ0n) is 15.5. The molecule has 3 nitrogen and oxygen atoms in total. The number of fused-ring (bicyclic) bond motifs is 2. The Labute approximate surface area is 185 Å². The number of nitrogens with zero attached hydrogens (tertiary/aromatic N) is 1. The van der Waals surface area contributed by atoms with Crippen molar-refractivity contribution in [3.05, 3.63) is 69.2 Å². The second-order valence-corrected chi connectivity index (χ2v) is 8.47. The van der Waals surface area contributed by atoms with E-state index >= 15 is 0 Å². The molecule has 6 heteroatoms. The summed E-state index contributed by atoms with van der Waals surface area (Å²) in [4.78, 5) is 15.4. The number of rotatable bonds is 2. The Balaban J connectivity index is 0.00000225. The molecule has 1 N–H and O–H groups in total. The first-order chi connectivity index (χ1) is 12.9. The second-order valence-electron chi connectivity index (χ2n) is 7.65. The van der Waals surface area contributed by atoms with Crippen LogP contribution in [-0.2, 0) is 10.2 Å². The molecule has 148 valence electrons. The molecule has 2 atom stereocenters. The first-order valence-electron chi connectivity index (χ1n) is 9.08. The van der Waals surface area contributed by atoms with Gasteiger partial charge in [-0.2, -0.15) is 0 Å². The van der Waals surface area contributed by atoms with Gasteiger partial charge >= 0.3 is 0 Å². The van der Waals surface area contributed by atoms with E-state index < -0.39 is 0 Å². The highest BCUT2D eigenvalue weighted by Gasteiger charge is 2.48. The third kappa shape index (κ3) is 3.88. The number of hydrogen-bond acceptors (Lipinski definition) is 3. The zero-order chi connectivity index (χ0) is 19.2. The van der Waals surface area contributed by atoms with Crippen LogP contribution in [0.15, 0.2) is 48.0 Å². The van der Waals surface area contributed by atoms with E-state index in [1.165, 1.54) is 0 Å². The number of likely N-dealkylation sites (N-methyl/N-ethyl adjacent to an activating group) is 1. The third-order valence-electron chi connectivity index (χ3n) is 5.96. The van der Waals surface area contributed by atoms with Crippen LogP contribution in [0.3, 0.4) is 0 Å². The summed E-state index contributed by atoms with van der Waals surface area (Å²) in [5.41, 5.74) is 2.56. The monoisotopic (exact) mass is 481 g/mol. The van der Waals surface area contributed by atoms with Crippen molar-refractivity contribution >= 4 is 52.0 Å². The summed E-state index contributed by atoms with van der Waals surface area (Å²) in [6.07, 6.45) is 4.19. The first kappa shape index (κ1) is 21.4. The van der Waals surface area contributed by atoms with Gasteiger partial charge in [0.15, 0.2) is 5.78 Å². The fraction of sp³-hybridized carbons (Fsp3) is 0.318. The minimum atomic E-state index is -0.206. The van der Waals surface area contributed by atoms with Crippen LogP contribution < -0.4 is 0 Å². The number of phenols is 1. The topological polar surface area (TPSA) is 40.5 Å². The van der Waals surface area contributed by atoms with Crippen molar-refractivity contribution in [3.8, 4) is 5.75 Å². The van der Waals surface area contributed by atoms with Gasteiger partial charge in [0, 0.05) is 23.5 Å². The normalized spacial score (nSPS) is 26.2. The molecule has 2 aromatic carbocycles. The largest absolute Gasteiger partial charge is 0.508 e. The quantitative estimate of drug-likeness (QED) is 0.561. The Hall–Kier alpha value is -1.33. The maximum atomic E-state index is 13.2. The minimum Gasteiger partial charge on any atom is -0.508 e. The van der Waals surface area contributed by atoms with Crippen LogP contribution >= 0.6 is 40.2 Å². The zero-order valence-corrected chi connectivity index (χ0v) is 18.7. The van der Waals surface area contributed by atoms with Crippen molar-refractivity contribution in [2.45, 2.75) is 30.7 Å². The number of halogens is 3. The number of carbonyl (C=O) groups excluding carboxylic acids is 1. The molecular formula is C22H22BrCl2NO2. The minimum absolute atomic E-state index is 0. The first-order valence-corrected chi connectivity index (χ1v) is 9.83. The van der Waals surface area contributed by atoms with Gasteiger partial charge in [-0.15, -0.1) is 17.0 Å². The molecule has 1 heterocycles. The van der Waals surface area contributed by atoms with Gasteiger partial charge in [-0.25, -0.2) is 0 Å². The number of aromatic hydroxyl groups is 1.